The average Bonchev–Trinajstić information content (AvgIpc) is 2.19. The van der Waals surface area contributed by atoms with E-state index in [9.17, 15) is 4.79 Å². The third kappa shape index (κ3) is 3.90. The topological polar surface area (TPSA) is 74.2 Å². The number of carbonyl (C=O) groups is 1. The summed E-state index contributed by atoms with van der Waals surface area (Å²) in [6.07, 6.45) is 0.395. The smallest absolute Gasteiger partial charge is 0.303 e. The quantitative estimate of drug-likeness (QED) is 0.731. The number of hydrogen-bond acceptors (Lipinski definition) is 3. The second-order valence-electron chi connectivity index (χ2n) is 4.00. The van der Waals surface area contributed by atoms with Crippen LogP contribution in [0.2, 0.25) is 0 Å². The van der Waals surface area contributed by atoms with E-state index in [1.54, 1.807) is 12.1 Å². The summed E-state index contributed by atoms with van der Waals surface area (Å²) in [6.45, 7) is 3.31. The molecule has 0 bridgehead atoms. The normalized spacial score (nSPS) is 14.2. The number of hydrogen-bond donors (Lipinski definition) is 2. The Bertz CT molecular complexity index is 346. The highest BCUT2D eigenvalue weighted by molar-refractivity contribution is 5.66. The first kappa shape index (κ1) is 12.5. The van der Waals surface area contributed by atoms with E-state index < -0.39 is 0 Å². The van der Waals surface area contributed by atoms with Gasteiger partial charge in [-0.15, -0.1) is 0 Å². The van der Waals surface area contributed by atoms with Gasteiger partial charge in [0.05, 0.1) is 0 Å². The van der Waals surface area contributed by atoms with E-state index in [4.69, 9.17) is 9.84 Å². The van der Waals surface area contributed by atoms with Gasteiger partial charge in [0.2, 0.25) is 0 Å². The van der Waals surface area contributed by atoms with Crippen molar-refractivity contribution in [2.75, 3.05) is 0 Å². The van der Waals surface area contributed by atoms with Crippen LogP contribution in [0.25, 0.3) is 0 Å². The van der Waals surface area contributed by atoms with E-state index in [2.05, 4.69) is 5.73 Å². The first-order valence-corrected chi connectivity index (χ1v) is 5.27. The summed E-state index contributed by atoms with van der Waals surface area (Å²) in [5.41, 5.74) is 4.89. The number of ether oxygens (including phenoxy) is 1. The molecule has 0 aliphatic heterocycles. The molecule has 88 valence electrons. The van der Waals surface area contributed by atoms with E-state index in [0.29, 0.717) is 6.42 Å². The van der Waals surface area contributed by atoms with Crippen molar-refractivity contribution in [2.45, 2.75) is 32.4 Å². The highest BCUT2D eigenvalue weighted by atomic mass is 16.5. The lowest BCUT2D eigenvalue weighted by atomic mass is 10.0. The Morgan fingerprint density at radius 2 is 2.00 bits per heavy atom. The van der Waals surface area contributed by atoms with Crippen LogP contribution < -0.4 is 5.73 Å². The molecular formula is C12H18NO3+. The molecule has 2 unspecified atom stereocenters. The average molecular weight is 224 g/mol. The zero-order valence-electron chi connectivity index (χ0n) is 9.64. The van der Waals surface area contributed by atoms with Crippen molar-refractivity contribution in [3.05, 3.63) is 29.8 Å². The summed E-state index contributed by atoms with van der Waals surface area (Å²) < 4.78 is 5.18. The minimum atomic E-state index is -0.292. The molecule has 0 saturated heterocycles. The summed E-state index contributed by atoms with van der Waals surface area (Å²) in [5, 5.41) is 9.15. The second-order valence-corrected chi connectivity index (χ2v) is 4.00. The van der Waals surface area contributed by atoms with Crippen LogP contribution in [-0.2, 0) is 16.0 Å². The minimum Gasteiger partial charge on any atom is -0.508 e. The number of aromatic hydroxyl groups is 1. The van der Waals surface area contributed by atoms with Crippen molar-refractivity contribution in [3.8, 4) is 5.75 Å². The van der Waals surface area contributed by atoms with Gasteiger partial charge in [-0.3, -0.25) is 4.79 Å². The summed E-state index contributed by atoms with van der Waals surface area (Å²) in [7, 11) is 0. The fourth-order valence-corrected chi connectivity index (χ4v) is 1.44. The number of rotatable bonds is 4. The molecule has 0 amide bonds. The Balaban J connectivity index is 2.67. The third-order valence-electron chi connectivity index (χ3n) is 2.33. The molecule has 0 saturated carbocycles. The number of esters is 1. The number of benzene rings is 1. The van der Waals surface area contributed by atoms with Crippen LogP contribution in [0.15, 0.2) is 24.3 Å². The molecule has 4 N–H and O–H groups in total. The van der Waals surface area contributed by atoms with E-state index in [-0.39, 0.29) is 23.9 Å². The van der Waals surface area contributed by atoms with Crippen molar-refractivity contribution in [1.82, 2.24) is 0 Å². The van der Waals surface area contributed by atoms with Crippen LogP contribution in [0.4, 0.5) is 0 Å². The zero-order valence-corrected chi connectivity index (χ0v) is 9.64. The maximum Gasteiger partial charge on any atom is 0.303 e. The van der Waals surface area contributed by atoms with Gasteiger partial charge in [0.15, 0.2) is 6.10 Å². The zero-order chi connectivity index (χ0) is 12.1. The van der Waals surface area contributed by atoms with E-state index in [1.165, 1.54) is 6.92 Å². The maximum atomic E-state index is 10.9. The van der Waals surface area contributed by atoms with Gasteiger partial charge in [-0.2, -0.15) is 0 Å². The van der Waals surface area contributed by atoms with Gasteiger partial charge in [0.25, 0.3) is 0 Å². The lowest BCUT2D eigenvalue weighted by molar-refractivity contribution is -0.431. The maximum absolute atomic E-state index is 10.9. The number of quaternary nitrogens is 1. The molecule has 16 heavy (non-hydrogen) atoms. The fourth-order valence-electron chi connectivity index (χ4n) is 1.44. The summed E-state index contributed by atoms with van der Waals surface area (Å²) >= 11 is 0. The molecule has 0 radical (unpaired) electrons. The Kier molecular flexibility index (Phi) is 4.31. The summed E-state index contributed by atoms with van der Waals surface area (Å²) in [6, 6.07) is 6.89. The fraction of sp³-hybridized carbons (Fsp3) is 0.417. The van der Waals surface area contributed by atoms with E-state index in [0.717, 1.165) is 5.56 Å². The molecule has 0 aliphatic rings. The molecule has 2 atom stereocenters. The lowest BCUT2D eigenvalue weighted by Crippen LogP contribution is -2.65. The molecule has 0 spiro atoms. The number of phenols is 1. The molecule has 1 aromatic rings. The van der Waals surface area contributed by atoms with Crippen molar-refractivity contribution in [2.24, 2.45) is 0 Å². The predicted molar refractivity (Wildman–Crippen MR) is 59.7 cm³/mol. The molecule has 1 rings (SSSR count). The van der Waals surface area contributed by atoms with E-state index in [1.807, 2.05) is 19.1 Å². The molecule has 0 aromatic heterocycles. The van der Waals surface area contributed by atoms with Gasteiger partial charge in [-0.05, 0) is 24.6 Å². The second kappa shape index (κ2) is 5.51. The van der Waals surface area contributed by atoms with Gasteiger partial charge < -0.3 is 15.6 Å². The van der Waals surface area contributed by atoms with Gasteiger partial charge in [-0.25, -0.2) is 0 Å². The van der Waals surface area contributed by atoms with E-state index >= 15 is 0 Å². The Labute approximate surface area is 95.0 Å². The molecular weight excluding hydrogens is 206 g/mol. The Hall–Kier alpha value is -1.55. The largest absolute Gasteiger partial charge is 0.508 e. The lowest BCUT2D eigenvalue weighted by Gasteiger charge is -2.18. The monoisotopic (exact) mass is 224 g/mol. The predicted octanol–water partition coefficient (Wildman–Crippen LogP) is 0.497. The molecule has 4 nitrogen and oxygen atoms in total. The van der Waals surface area contributed by atoms with Gasteiger partial charge in [-0.1, -0.05) is 12.1 Å². The SMILES string of the molecule is CC(=O)OC(Cc1ccc(O)cc1)C(C)[NH3+]. The molecule has 4 heteroatoms. The molecule has 0 heterocycles. The van der Waals surface area contributed by atoms with Crippen LogP contribution in [-0.4, -0.2) is 23.2 Å². The third-order valence-corrected chi connectivity index (χ3v) is 2.33. The number of carbonyl (C=O) groups excluding carboxylic acids is 1. The molecule has 0 fully saturated rings. The highest BCUT2D eigenvalue weighted by Gasteiger charge is 2.20. The van der Waals surface area contributed by atoms with Gasteiger partial charge in [0.1, 0.15) is 11.8 Å². The summed E-state index contributed by atoms with van der Waals surface area (Å²) in [5.74, 6) is -0.0604. The standard InChI is InChI=1S/C12H17NO3/c1-8(13)12(16-9(2)14)7-10-3-5-11(15)6-4-10/h3-6,8,12,15H,7,13H2,1-2H3/p+1. The van der Waals surface area contributed by atoms with Crippen LogP contribution in [0, 0.1) is 0 Å². The van der Waals surface area contributed by atoms with Crippen molar-refractivity contribution < 1.29 is 20.4 Å². The molecule has 0 aliphatic carbocycles. The Morgan fingerprint density at radius 1 is 1.44 bits per heavy atom. The van der Waals surface area contributed by atoms with Crippen LogP contribution in [0.3, 0.4) is 0 Å². The Morgan fingerprint density at radius 3 is 2.44 bits per heavy atom. The minimum absolute atomic E-state index is 0.0257. The van der Waals surface area contributed by atoms with Crippen LogP contribution in [0.1, 0.15) is 19.4 Å². The van der Waals surface area contributed by atoms with Gasteiger partial charge in [0, 0.05) is 13.3 Å². The van der Waals surface area contributed by atoms with Crippen LogP contribution >= 0.6 is 0 Å². The first-order valence-electron chi connectivity index (χ1n) is 5.27. The first-order chi connectivity index (χ1) is 7.49. The number of phenolic OH excluding ortho intramolecular Hbond substituents is 1. The van der Waals surface area contributed by atoms with Crippen molar-refractivity contribution >= 4 is 5.97 Å². The van der Waals surface area contributed by atoms with Gasteiger partial charge >= 0.3 is 5.97 Å². The highest BCUT2D eigenvalue weighted by Crippen LogP contribution is 2.13. The van der Waals surface area contributed by atoms with Crippen molar-refractivity contribution in [1.29, 1.82) is 0 Å². The van der Waals surface area contributed by atoms with Crippen molar-refractivity contribution in [3.63, 3.8) is 0 Å². The molecule has 1 aromatic carbocycles. The van der Waals surface area contributed by atoms with Crippen LogP contribution in [0.5, 0.6) is 5.75 Å². The summed E-state index contributed by atoms with van der Waals surface area (Å²) in [4.78, 5) is 10.9.